The average molecular weight is 403 g/mol. The van der Waals surface area contributed by atoms with Crippen LogP contribution in [0.3, 0.4) is 0 Å². The average Bonchev–Trinajstić information content (AvgIpc) is 2.98. The monoisotopic (exact) mass is 402 g/mol. The number of aromatic nitrogens is 3. The van der Waals surface area contributed by atoms with Crippen molar-refractivity contribution in [2.75, 3.05) is 5.75 Å². The predicted octanol–water partition coefficient (Wildman–Crippen LogP) is 5.12. The quantitative estimate of drug-likeness (QED) is 0.449. The van der Waals surface area contributed by atoms with Gasteiger partial charge >= 0.3 is 0 Å². The first-order valence-electron chi connectivity index (χ1n) is 8.29. The fourth-order valence-electron chi connectivity index (χ4n) is 3.14. The van der Waals surface area contributed by atoms with E-state index >= 15 is 0 Å². The van der Waals surface area contributed by atoms with Crippen LogP contribution in [0.15, 0.2) is 52.4 Å². The standard InChI is InChI=1S/C19H16Cl2N4S/c1-2-26-15-8-4-7-14-18(15)19(12-5-3-6-13(21)9-12)22-11-17-24-23-16(10-20)25(14)17/h3-9H,2,10-11H2,1H3. The molecule has 0 atom stereocenters. The third kappa shape index (κ3) is 3.04. The van der Waals surface area contributed by atoms with Crippen LogP contribution < -0.4 is 0 Å². The zero-order chi connectivity index (χ0) is 18.1. The Morgan fingerprint density at radius 2 is 2.00 bits per heavy atom. The fourth-order valence-corrected chi connectivity index (χ4v) is 4.34. The van der Waals surface area contributed by atoms with Crippen molar-refractivity contribution in [3.05, 3.63) is 70.3 Å². The molecule has 0 saturated heterocycles. The molecule has 0 N–H and O–H groups in total. The minimum atomic E-state index is 0.296. The molecule has 0 fully saturated rings. The largest absolute Gasteiger partial charge is 0.280 e. The van der Waals surface area contributed by atoms with Gasteiger partial charge in [-0.05, 0) is 30.0 Å². The number of halogens is 2. The summed E-state index contributed by atoms with van der Waals surface area (Å²) in [6, 6.07) is 14.1. The van der Waals surface area contributed by atoms with Gasteiger partial charge in [-0.1, -0.05) is 36.7 Å². The number of hydrogen-bond acceptors (Lipinski definition) is 4. The van der Waals surface area contributed by atoms with E-state index in [1.807, 2.05) is 28.8 Å². The van der Waals surface area contributed by atoms with E-state index in [2.05, 4.69) is 35.3 Å². The van der Waals surface area contributed by atoms with Gasteiger partial charge in [-0.25, -0.2) is 0 Å². The predicted molar refractivity (Wildman–Crippen MR) is 108 cm³/mol. The molecule has 0 bridgehead atoms. The van der Waals surface area contributed by atoms with Gasteiger partial charge in [-0.15, -0.1) is 33.6 Å². The van der Waals surface area contributed by atoms with Crippen LogP contribution in [0, 0.1) is 0 Å². The summed E-state index contributed by atoms with van der Waals surface area (Å²) in [4.78, 5) is 6.06. The van der Waals surface area contributed by atoms with Crippen LogP contribution >= 0.6 is 35.0 Å². The second-order valence-corrected chi connectivity index (χ2v) is 7.77. The van der Waals surface area contributed by atoms with E-state index in [1.165, 1.54) is 4.90 Å². The molecule has 1 aromatic heterocycles. The molecule has 0 aliphatic carbocycles. The Morgan fingerprint density at radius 3 is 2.77 bits per heavy atom. The third-order valence-corrected chi connectivity index (χ3v) is 5.59. The van der Waals surface area contributed by atoms with Crippen molar-refractivity contribution < 1.29 is 0 Å². The molecule has 1 aliphatic heterocycles. The number of hydrogen-bond donors (Lipinski definition) is 0. The van der Waals surface area contributed by atoms with Gasteiger partial charge in [-0.2, -0.15) is 0 Å². The van der Waals surface area contributed by atoms with Crippen molar-refractivity contribution in [2.45, 2.75) is 24.2 Å². The van der Waals surface area contributed by atoms with E-state index in [4.69, 9.17) is 28.2 Å². The minimum absolute atomic E-state index is 0.296. The van der Waals surface area contributed by atoms with Gasteiger partial charge in [0.25, 0.3) is 0 Å². The van der Waals surface area contributed by atoms with Crippen LogP contribution in [0.4, 0.5) is 0 Å². The summed E-state index contributed by atoms with van der Waals surface area (Å²) < 4.78 is 2.03. The topological polar surface area (TPSA) is 43.1 Å². The molecule has 1 aliphatic rings. The fraction of sp³-hybridized carbons (Fsp3) is 0.211. The smallest absolute Gasteiger partial charge is 0.159 e. The number of nitrogens with zero attached hydrogens (tertiary/aromatic N) is 4. The molecule has 4 nitrogen and oxygen atoms in total. The number of thioether (sulfide) groups is 1. The number of aliphatic imine (C=N–C) groups is 1. The SMILES string of the molecule is CCSc1cccc2c1C(c1cccc(Cl)c1)=NCc1nnc(CCl)n1-2. The molecule has 0 amide bonds. The molecule has 26 heavy (non-hydrogen) atoms. The van der Waals surface area contributed by atoms with Gasteiger partial charge in [-0.3, -0.25) is 9.56 Å². The molecule has 4 rings (SSSR count). The van der Waals surface area contributed by atoms with Gasteiger partial charge in [0.2, 0.25) is 0 Å². The highest BCUT2D eigenvalue weighted by atomic mass is 35.5. The van der Waals surface area contributed by atoms with E-state index in [-0.39, 0.29) is 0 Å². The summed E-state index contributed by atoms with van der Waals surface area (Å²) in [5.41, 5.74) is 4.00. The van der Waals surface area contributed by atoms with Crippen molar-refractivity contribution in [2.24, 2.45) is 4.99 Å². The number of benzene rings is 2. The molecule has 0 radical (unpaired) electrons. The lowest BCUT2D eigenvalue weighted by Gasteiger charge is -2.16. The Balaban J connectivity index is 2.01. The summed E-state index contributed by atoms with van der Waals surface area (Å²) in [5, 5.41) is 9.22. The maximum atomic E-state index is 6.24. The minimum Gasteiger partial charge on any atom is -0.280 e. The van der Waals surface area contributed by atoms with Crippen LogP contribution in [0.2, 0.25) is 5.02 Å². The van der Waals surface area contributed by atoms with Gasteiger partial charge in [0.05, 0.1) is 17.3 Å². The highest BCUT2D eigenvalue weighted by Gasteiger charge is 2.25. The summed E-state index contributed by atoms with van der Waals surface area (Å²) >= 11 is 14.2. The molecular weight excluding hydrogens is 387 g/mol. The van der Waals surface area contributed by atoms with Gasteiger partial charge in [0.1, 0.15) is 6.54 Å². The number of fused-ring (bicyclic) bond motifs is 3. The van der Waals surface area contributed by atoms with Gasteiger partial charge in [0.15, 0.2) is 11.6 Å². The molecule has 0 spiro atoms. The second-order valence-electron chi connectivity index (χ2n) is 5.76. The van der Waals surface area contributed by atoms with E-state index in [1.54, 1.807) is 11.8 Å². The highest BCUT2D eigenvalue weighted by molar-refractivity contribution is 7.99. The lowest BCUT2D eigenvalue weighted by Crippen LogP contribution is -2.10. The Labute approximate surface area is 166 Å². The van der Waals surface area contributed by atoms with Crippen molar-refractivity contribution in [1.82, 2.24) is 14.8 Å². The molecule has 7 heteroatoms. The number of rotatable bonds is 4. The lowest BCUT2D eigenvalue weighted by atomic mass is 10.0. The molecule has 0 unspecified atom stereocenters. The number of alkyl halides is 1. The Hall–Kier alpha value is -1.82. The summed E-state index contributed by atoms with van der Waals surface area (Å²) in [5.74, 6) is 2.78. The van der Waals surface area contributed by atoms with Gasteiger partial charge in [0, 0.05) is 21.0 Å². The van der Waals surface area contributed by atoms with Crippen LogP contribution in [-0.2, 0) is 12.4 Å². The van der Waals surface area contributed by atoms with Crippen LogP contribution in [0.1, 0.15) is 29.7 Å². The zero-order valence-corrected chi connectivity index (χ0v) is 16.4. The van der Waals surface area contributed by atoms with Crippen molar-refractivity contribution in [3.63, 3.8) is 0 Å². The van der Waals surface area contributed by atoms with Crippen molar-refractivity contribution >= 4 is 40.7 Å². The Morgan fingerprint density at radius 1 is 1.15 bits per heavy atom. The maximum Gasteiger partial charge on any atom is 0.159 e. The summed E-state index contributed by atoms with van der Waals surface area (Å²) in [7, 11) is 0. The molecule has 0 saturated carbocycles. The van der Waals surface area contributed by atoms with Crippen molar-refractivity contribution in [3.8, 4) is 5.69 Å². The van der Waals surface area contributed by atoms with Crippen LogP contribution in [0.5, 0.6) is 0 Å². The van der Waals surface area contributed by atoms with E-state index in [9.17, 15) is 0 Å². The first kappa shape index (κ1) is 17.6. The van der Waals surface area contributed by atoms with Crippen LogP contribution in [0.25, 0.3) is 5.69 Å². The first-order valence-corrected chi connectivity index (χ1v) is 10.2. The third-order valence-electron chi connectivity index (χ3n) is 4.18. The lowest BCUT2D eigenvalue weighted by molar-refractivity contribution is 0.858. The maximum absolute atomic E-state index is 6.24. The molecular formula is C19H16Cl2N4S. The second kappa shape index (κ2) is 7.43. The normalized spacial score (nSPS) is 13.0. The van der Waals surface area contributed by atoms with Gasteiger partial charge < -0.3 is 0 Å². The molecule has 2 aromatic carbocycles. The molecule has 132 valence electrons. The first-order chi connectivity index (χ1) is 12.7. The Kier molecular flexibility index (Phi) is 5.02. The van der Waals surface area contributed by atoms with Crippen LogP contribution in [-0.4, -0.2) is 26.2 Å². The molecule has 3 aromatic rings. The van der Waals surface area contributed by atoms with Crippen molar-refractivity contribution in [1.29, 1.82) is 0 Å². The van der Waals surface area contributed by atoms with E-state index < -0.39 is 0 Å². The molecule has 2 heterocycles. The zero-order valence-electron chi connectivity index (χ0n) is 14.1. The highest BCUT2D eigenvalue weighted by Crippen LogP contribution is 2.34. The summed E-state index contributed by atoms with van der Waals surface area (Å²) in [6.45, 7) is 2.59. The van der Waals surface area contributed by atoms with E-state index in [0.717, 1.165) is 39.9 Å². The summed E-state index contributed by atoms with van der Waals surface area (Å²) in [6.07, 6.45) is 0. The Bertz CT molecular complexity index is 997. The van der Waals surface area contributed by atoms with E-state index in [0.29, 0.717) is 17.4 Å².